The van der Waals surface area contributed by atoms with E-state index < -0.39 is 6.03 Å². The third kappa shape index (κ3) is 18.4. The minimum Gasteiger partial charge on any atom is -0.497 e. The Hall–Kier alpha value is -9.18. The number of rotatable bonds is 15. The van der Waals surface area contributed by atoms with Crippen LogP contribution >= 0.6 is 0 Å². The van der Waals surface area contributed by atoms with Crippen LogP contribution in [0.5, 0.6) is 28.7 Å². The smallest absolute Gasteiger partial charge is 0.348 e. The summed E-state index contributed by atoms with van der Waals surface area (Å²) in [6.07, 6.45) is 0. The molecule has 1 atom stereocenters. The molecule has 1 aromatic heterocycles. The van der Waals surface area contributed by atoms with Crippen LogP contribution in [0.25, 0.3) is 22.2 Å². The van der Waals surface area contributed by atoms with Crippen LogP contribution in [0.4, 0.5) is 32.3 Å². The van der Waals surface area contributed by atoms with Gasteiger partial charge in [0.25, 0.3) is 0 Å². The van der Waals surface area contributed by atoms with Crippen LogP contribution in [0.1, 0.15) is 129 Å². The number of carbonyl (C=O) groups is 2. The Morgan fingerprint density at radius 2 is 1.03 bits per heavy atom. The van der Waals surface area contributed by atoms with Gasteiger partial charge in [0.05, 0.1) is 58.5 Å². The number of nitrogens with two attached hydrogens (primary N) is 2. The van der Waals surface area contributed by atoms with Gasteiger partial charge in [-0.2, -0.15) is 4.98 Å². The number of benzene rings is 7. The molecule has 0 saturated carbocycles. The van der Waals surface area contributed by atoms with Crippen molar-refractivity contribution in [2.24, 2.45) is 5.73 Å². The summed E-state index contributed by atoms with van der Waals surface area (Å²) >= 11 is 0. The van der Waals surface area contributed by atoms with Crippen molar-refractivity contribution in [1.82, 2.24) is 14.9 Å². The summed E-state index contributed by atoms with van der Waals surface area (Å²) in [6, 6.07) is 50.8. The molecule has 0 spiro atoms. The fourth-order valence-corrected chi connectivity index (χ4v) is 9.49. The van der Waals surface area contributed by atoms with Crippen molar-refractivity contribution in [3.05, 3.63) is 190 Å². The molecule has 8 aromatic rings. The number of ether oxygens (including phenoxy) is 5. The number of nitrogen functional groups attached to an aromatic ring is 1. The van der Waals surface area contributed by atoms with E-state index in [2.05, 4.69) is 93.6 Å². The van der Waals surface area contributed by atoms with Gasteiger partial charge in [0.2, 0.25) is 0 Å². The van der Waals surface area contributed by atoms with E-state index in [4.69, 9.17) is 35.2 Å². The zero-order valence-corrected chi connectivity index (χ0v) is 53.3. The zero-order valence-electron chi connectivity index (χ0n) is 53.3. The van der Waals surface area contributed by atoms with Gasteiger partial charge in [0, 0.05) is 57.7 Å². The van der Waals surface area contributed by atoms with Crippen molar-refractivity contribution < 1.29 is 33.3 Å². The number of hydrogen-bond acceptors (Lipinski definition) is 11. The maximum absolute atomic E-state index is 12.7. The average molecular weight is 1170 g/mol. The highest BCUT2D eigenvalue weighted by Gasteiger charge is 2.33. The topological polar surface area (TPSA) is 198 Å². The molecule has 458 valence electrons. The van der Waals surface area contributed by atoms with Crippen molar-refractivity contribution in [1.29, 1.82) is 0 Å². The van der Waals surface area contributed by atoms with Crippen LogP contribution in [0.15, 0.2) is 163 Å². The summed E-state index contributed by atoms with van der Waals surface area (Å²) in [4.78, 5) is 44.2. The van der Waals surface area contributed by atoms with Crippen molar-refractivity contribution in [3.63, 3.8) is 0 Å². The second-order valence-corrected chi connectivity index (χ2v) is 22.3. The van der Waals surface area contributed by atoms with E-state index >= 15 is 0 Å². The van der Waals surface area contributed by atoms with E-state index in [1.165, 1.54) is 16.0 Å². The molecular weight excluding hydrogens is 1080 g/mol. The quantitative estimate of drug-likeness (QED) is 0.0713. The molecule has 0 radical (unpaired) electrons. The molecule has 16 nitrogen and oxygen atoms in total. The summed E-state index contributed by atoms with van der Waals surface area (Å²) in [5.41, 5.74) is 21.3. The minimum atomic E-state index is -0.449. The van der Waals surface area contributed by atoms with Crippen molar-refractivity contribution >= 4 is 45.7 Å². The zero-order chi connectivity index (χ0) is 63.4. The first-order valence-electron chi connectivity index (χ1n) is 29.1. The van der Waals surface area contributed by atoms with Gasteiger partial charge in [0.1, 0.15) is 28.7 Å². The first-order chi connectivity index (χ1) is 40.9. The molecule has 1 aliphatic heterocycles. The second-order valence-electron chi connectivity index (χ2n) is 22.3. The highest BCUT2D eigenvalue weighted by molar-refractivity contribution is 5.97. The van der Waals surface area contributed by atoms with Crippen LogP contribution in [0, 0.1) is 0 Å². The SMILES string of the molecule is COc1ccc(N(C(N)=O)C(C)C)cc1.COc1ccc(N)cc1.COc1ccc(NC(C)C)cc1.COc1ccc2c(c1)C(c1ccc(C(C)C)cc1)NC(=O)N2C(C)C.COc1ccc2c(c1)c(-c1ccc(C(C)C)cc1)nc(=O)n2C(C)C. The lowest BCUT2D eigenvalue weighted by molar-refractivity contribution is 0.240. The normalized spacial score (nSPS) is 12.3. The predicted molar refractivity (Wildman–Crippen MR) is 353 cm³/mol. The van der Waals surface area contributed by atoms with Gasteiger partial charge in [-0.15, -0.1) is 0 Å². The van der Waals surface area contributed by atoms with Crippen LogP contribution in [0.2, 0.25) is 0 Å². The monoisotopic (exact) mass is 1170 g/mol. The molecule has 1 aliphatic rings. The van der Waals surface area contributed by atoms with Crippen molar-refractivity contribution in [3.8, 4) is 40.0 Å². The van der Waals surface area contributed by atoms with E-state index in [1.807, 2.05) is 139 Å². The standard InChI is InChI=1S/C21H26N2O2.C21H24N2O2.C11H16N2O2.C10H15NO.C7H9NO/c2*1-13(2)15-6-8-16(9-7-15)20-18-12-17(25-5)10-11-19(18)23(14(3)4)21(24)22-20;1-8(2)13(11(12)14)9-4-6-10(15-3)7-5-9;1-8(2)11-9-4-6-10(12-3)7-5-9;1-9-7-4-2-6(8)3-5-7/h6-14,20H,1-5H3,(H,22,24);6-14H,1-5H3;4-8H,1-3H3,(H2,12,14);4-8,11H,1-3H3;2-5H,8H2,1H3. The van der Waals surface area contributed by atoms with Crippen molar-refractivity contribution in [2.75, 3.05) is 56.4 Å². The van der Waals surface area contributed by atoms with Crippen LogP contribution < -0.4 is 61.3 Å². The Morgan fingerprint density at radius 1 is 0.570 bits per heavy atom. The maximum atomic E-state index is 12.7. The van der Waals surface area contributed by atoms with E-state index in [0.29, 0.717) is 23.6 Å². The number of methoxy groups -OCH3 is 5. The van der Waals surface area contributed by atoms with Gasteiger partial charge in [-0.3, -0.25) is 14.4 Å². The molecular formula is C70H90N8O8. The Balaban J connectivity index is 0.000000206. The summed E-state index contributed by atoms with van der Waals surface area (Å²) in [5.74, 6) is 4.98. The van der Waals surface area contributed by atoms with Gasteiger partial charge in [-0.25, -0.2) is 14.4 Å². The lowest BCUT2D eigenvalue weighted by Gasteiger charge is -2.37. The first kappa shape index (κ1) is 67.6. The second kappa shape index (κ2) is 32.2. The van der Waals surface area contributed by atoms with Gasteiger partial charge in [0.15, 0.2) is 0 Å². The molecule has 9 rings (SSSR count). The maximum Gasteiger partial charge on any atom is 0.348 e. The summed E-state index contributed by atoms with van der Waals surface area (Å²) in [5, 5.41) is 7.37. The molecule has 16 heteroatoms. The van der Waals surface area contributed by atoms with Gasteiger partial charge >= 0.3 is 17.8 Å². The first-order valence-corrected chi connectivity index (χ1v) is 29.1. The Kier molecular flexibility index (Phi) is 25.3. The van der Waals surface area contributed by atoms with E-state index in [0.717, 1.165) is 79.1 Å². The molecule has 1 unspecified atom stereocenters. The number of fused-ring (bicyclic) bond motifs is 2. The lowest BCUT2D eigenvalue weighted by atomic mass is 9.92. The average Bonchev–Trinajstić information content (AvgIpc) is 0.852. The minimum absolute atomic E-state index is 0.0354. The fourth-order valence-electron chi connectivity index (χ4n) is 9.49. The fraction of sp³-hybridized carbons (Fsp3) is 0.343. The Morgan fingerprint density at radius 3 is 1.49 bits per heavy atom. The number of aromatic nitrogens is 2. The number of anilines is 4. The molecule has 0 aliphatic carbocycles. The summed E-state index contributed by atoms with van der Waals surface area (Å²) in [6.45, 7) is 24.8. The molecule has 86 heavy (non-hydrogen) atoms. The van der Waals surface area contributed by atoms with Crippen LogP contribution in [-0.4, -0.2) is 75.3 Å². The van der Waals surface area contributed by atoms with E-state index in [9.17, 15) is 14.4 Å². The largest absolute Gasteiger partial charge is 0.497 e. The number of urea groups is 2. The molecule has 2 heterocycles. The number of primary amides is 1. The highest BCUT2D eigenvalue weighted by atomic mass is 16.5. The molecule has 6 N–H and O–H groups in total. The molecule has 7 aromatic carbocycles. The van der Waals surface area contributed by atoms with Crippen LogP contribution in [0.3, 0.4) is 0 Å². The number of amides is 4. The number of nitrogens with zero attached hydrogens (tertiary/aromatic N) is 4. The van der Waals surface area contributed by atoms with E-state index in [-0.39, 0.29) is 35.9 Å². The Labute approximate surface area is 509 Å². The van der Waals surface area contributed by atoms with Crippen LogP contribution in [-0.2, 0) is 0 Å². The molecule has 0 fully saturated rings. The van der Waals surface area contributed by atoms with Gasteiger partial charge in [-0.05, 0) is 193 Å². The highest BCUT2D eigenvalue weighted by Crippen LogP contribution is 2.39. The molecule has 0 saturated heterocycles. The van der Waals surface area contributed by atoms with E-state index in [1.54, 1.807) is 69.3 Å². The third-order valence-electron chi connectivity index (χ3n) is 14.0. The predicted octanol–water partition coefficient (Wildman–Crippen LogP) is 15.4. The van der Waals surface area contributed by atoms with Gasteiger partial charge < -0.3 is 45.8 Å². The third-order valence-corrected chi connectivity index (χ3v) is 14.0. The summed E-state index contributed by atoms with van der Waals surface area (Å²) < 4.78 is 27.5. The van der Waals surface area contributed by atoms with Crippen molar-refractivity contribution in [2.45, 2.75) is 125 Å². The molecule has 0 bridgehead atoms. The number of nitrogens with one attached hydrogen (secondary N) is 2. The lowest BCUT2D eigenvalue weighted by Crippen LogP contribution is -2.50. The molecule has 4 amide bonds. The number of carbonyl (C=O) groups excluding carboxylic acids is 2. The summed E-state index contributed by atoms with van der Waals surface area (Å²) in [7, 11) is 8.21. The number of hydrogen-bond donors (Lipinski definition) is 4. The van der Waals surface area contributed by atoms with Gasteiger partial charge in [-0.1, -0.05) is 76.2 Å². The Bertz CT molecular complexity index is 3450.